The van der Waals surface area contributed by atoms with Crippen LogP contribution in [0.4, 0.5) is 9.18 Å². The Hall–Kier alpha value is -3.95. The first-order valence-corrected chi connectivity index (χ1v) is 9.48. The molecule has 3 aromatic rings. The summed E-state index contributed by atoms with van der Waals surface area (Å²) in [7, 11) is 1.31. The lowest BCUT2D eigenvalue weighted by Crippen LogP contribution is -2.52. The summed E-state index contributed by atoms with van der Waals surface area (Å²) in [5.74, 6) is -1.95. The van der Waals surface area contributed by atoms with Gasteiger partial charge in [-0.25, -0.2) is 14.2 Å². The second kappa shape index (κ2) is 6.53. The molecule has 0 saturated carbocycles. The van der Waals surface area contributed by atoms with Gasteiger partial charge in [0.1, 0.15) is 11.3 Å². The van der Waals surface area contributed by atoms with Crippen molar-refractivity contribution in [3.8, 4) is 5.75 Å². The predicted molar refractivity (Wildman–Crippen MR) is 105 cm³/mol. The molecule has 0 aliphatic carbocycles. The number of carbonyl (C=O) groups excluding carboxylic acids is 3. The van der Waals surface area contributed by atoms with Gasteiger partial charge in [-0.05, 0) is 30.7 Å². The Morgan fingerprint density at radius 1 is 1.26 bits per heavy atom. The summed E-state index contributed by atoms with van der Waals surface area (Å²) in [5, 5.41) is 4.79. The minimum absolute atomic E-state index is 0.0469. The molecular formula is C21H17FN4O5. The summed E-state index contributed by atoms with van der Waals surface area (Å²) in [6, 6.07) is 7.35. The molecule has 2 aliphatic heterocycles. The lowest BCUT2D eigenvalue weighted by molar-refractivity contribution is -0.125. The van der Waals surface area contributed by atoms with Gasteiger partial charge in [0.15, 0.2) is 22.7 Å². The number of benzene rings is 1. The maximum Gasteiger partial charge on any atom is 0.322 e. The molecule has 0 unspecified atom stereocenters. The van der Waals surface area contributed by atoms with Crippen LogP contribution >= 0.6 is 0 Å². The molecule has 2 N–H and O–H groups in total. The van der Waals surface area contributed by atoms with Crippen molar-refractivity contribution in [2.75, 3.05) is 13.7 Å². The number of aryl methyl sites for hydroxylation is 1. The molecule has 1 fully saturated rings. The second-order valence-corrected chi connectivity index (χ2v) is 7.54. The normalized spacial score (nSPS) is 20.2. The van der Waals surface area contributed by atoms with Crippen LogP contribution < -0.4 is 15.4 Å². The Labute approximate surface area is 175 Å². The molecule has 2 aliphatic rings. The first-order valence-electron chi connectivity index (χ1n) is 9.48. The number of fused-ring (bicyclic) bond motifs is 2. The molecule has 1 saturated heterocycles. The van der Waals surface area contributed by atoms with E-state index in [9.17, 15) is 18.8 Å². The molecule has 0 bridgehead atoms. The SMILES string of the molecule is COc1ccc2c(c1F)C(=O)N(C[C@@]1(c3cc4nc(C)ccc4o3)NC(=O)NC1=O)C2. The van der Waals surface area contributed by atoms with Crippen LogP contribution in [0.1, 0.15) is 27.4 Å². The molecule has 0 radical (unpaired) electrons. The lowest BCUT2D eigenvalue weighted by atomic mass is 9.95. The maximum atomic E-state index is 14.7. The van der Waals surface area contributed by atoms with Gasteiger partial charge in [-0.3, -0.25) is 14.9 Å². The van der Waals surface area contributed by atoms with Crippen molar-refractivity contribution < 1.29 is 27.9 Å². The number of methoxy groups -OCH3 is 1. The van der Waals surface area contributed by atoms with Crippen LogP contribution in [-0.2, 0) is 16.9 Å². The van der Waals surface area contributed by atoms with E-state index in [0.717, 1.165) is 5.69 Å². The summed E-state index contributed by atoms with van der Waals surface area (Å²) in [6.07, 6.45) is 0. The van der Waals surface area contributed by atoms with Gasteiger partial charge in [0.25, 0.3) is 11.8 Å². The summed E-state index contributed by atoms with van der Waals surface area (Å²) in [5.41, 5.74) is 0.370. The van der Waals surface area contributed by atoms with E-state index in [4.69, 9.17) is 9.15 Å². The highest BCUT2D eigenvalue weighted by molar-refractivity contribution is 6.08. The van der Waals surface area contributed by atoms with Crippen molar-refractivity contribution >= 4 is 28.9 Å². The number of rotatable bonds is 4. The number of urea groups is 1. The number of carbonyl (C=O) groups is 3. The van der Waals surface area contributed by atoms with Crippen molar-refractivity contribution in [3.63, 3.8) is 0 Å². The second-order valence-electron chi connectivity index (χ2n) is 7.54. The molecule has 31 heavy (non-hydrogen) atoms. The Balaban J connectivity index is 1.56. The standard InChI is InChI=1S/C21H17FN4O5/c1-10-3-5-13-12(23-10)7-15(31-13)21(19(28)24-20(29)25-21)9-26-8-11-4-6-14(30-2)17(22)16(11)18(26)27/h3-7H,8-9H2,1-2H3,(H2,24,25,28,29)/t21-/m0/s1. The van der Waals surface area contributed by atoms with Crippen LogP contribution in [-0.4, -0.2) is 41.4 Å². The van der Waals surface area contributed by atoms with Crippen molar-refractivity contribution in [2.24, 2.45) is 0 Å². The first kappa shape index (κ1) is 19.0. The van der Waals surface area contributed by atoms with E-state index in [-0.39, 0.29) is 30.2 Å². The molecule has 1 aromatic carbocycles. The lowest BCUT2D eigenvalue weighted by Gasteiger charge is -2.28. The number of imide groups is 1. The number of furan rings is 1. The molecule has 5 rings (SSSR count). The van der Waals surface area contributed by atoms with Crippen molar-refractivity contribution in [3.05, 3.63) is 58.7 Å². The average molecular weight is 424 g/mol. The minimum Gasteiger partial charge on any atom is -0.494 e. The van der Waals surface area contributed by atoms with Gasteiger partial charge >= 0.3 is 6.03 Å². The molecule has 9 nitrogen and oxygen atoms in total. The van der Waals surface area contributed by atoms with E-state index < -0.39 is 29.2 Å². The fourth-order valence-electron chi connectivity index (χ4n) is 4.06. The first-order chi connectivity index (χ1) is 14.8. The number of nitrogens with one attached hydrogen (secondary N) is 2. The average Bonchev–Trinajstić information content (AvgIpc) is 3.37. The monoisotopic (exact) mass is 424 g/mol. The van der Waals surface area contributed by atoms with E-state index >= 15 is 0 Å². The van der Waals surface area contributed by atoms with Gasteiger partial charge in [-0.15, -0.1) is 0 Å². The molecule has 1 atom stereocenters. The van der Waals surface area contributed by atoms with Gasteiger partial charge in [0.05, 0.1) is 19.2 Å². The zero-order valence-electron chi connectivity index (χ0n) is 16.6. The third-order valence-electron chi connectivity index (χ3n) is 5.58. The van der Waals surface area contributed by atoms with Crippen molar-refractivity contribution in [1.82, 2.24) is 20.5 Å². The molecule has 4 heterocycles. The minimum atomic E-state index is -1.68. The maximum absolute atomic E-state index is 14.7. The number of hydrogen-bond donors (Lipinski definition) is 2. The third kappa shape index (κ3) is 2.75. The molecule has 0 spiro atoms. The predicted octanol–water partition coefficient (Wildman–Crippen LogP) is 1.97. The number of aromatic nitrogens is 1. The van der Waals surface area contributed by atoms with Crippen molar-refractivity contribution in [2.45, 2.75) is 19.0 Å². The smallest absolute Gasteiger partial charge is 0.322 e. The number of amides is 4. The molecular weight excluding hydrogens is 407 g/mol. The number of ether oxygens (including phenoxy) is 1. The molecule has 4 amide bonds. The van der Waals surface area contributed by atoms with Crippen LogP contribution in [0.15, 0.2) is 34.7 Å². The van der Waals surface area contributed by atoms with Crippen molar-refractivity contribution in [1.29, 1.82) is 0 Å². The fraction of sp³-hybridized carbons (Fsp3) is 0.238. The van der Waals surface area contributed by atoms with Crippen LogP contribution in [0.5, 0.6) is 5.75 Å². The van der Waals surface area contributed by atoms with Crippen LogP contribution in [0, 0.1) is 12.7 Å². The Kier molecular flexibility index (Phi) is 4.01. The zero-order valence-corrected chi connectivity index (χ0v) is 16.6. The topological polar surface area (TPSA) is 114 Å². The molecule has 2 aromatic heterocycles. The third-order valence-corrected chi connectivity index (χ3v) is 5.58. The number of hydrogen-bond acceptors (Lipinski definition) is 6. The van der Waals surface area contributed by atoms with Gasteiger partial charge in [-0.2, -0.15) is 0 Å². The zero-order chi connectivity index (χ0) is 21.9. The highest BCUT2D eigenvalue weighted by Gasteiger charge is 2.53. The summed E-state index contributed by atoms with van der Waals surface area (Å²) >= 11 is 0. The largest absolute Gasteiger partial charge is 0.494 e. The van der Waals surface area contributed by atoms with Crippen LogP contribution in [0.2, 0.25) is 0 Å². The summed E-state index contributed by atoms with van der Waals surface area (Å²) in [4.78, 5) is 43.6. The Bertz CT molecular complexity index is 1290. The molecule has 10 heteroatoms. The molecule has 158 valence electrons. The van der Waals surface area contributed by atoms with Gasteiger partial charge in [0.2, 0.25) is 0 Å². The quantitative estimate of drug-likeness (QED) is 0.619. The highest BCUT2D eigenvalue weighted by Crippen LogP contribution is 2.36. The number of halogens is 1. The van der Waals surface area contributed by atoms with E-state index in [1.807, 2.05) is 6.92 Å². The van der Waals surface area contributed by atoms with E-state index in [2.05, 4.69) is 15.6 Å². The van der Waals surface area contributed by atoms with Gasteiger partial charge in [0, 0.05) is 18.3 Å². The van der Waals surface area contributed by atoms with Gasteiger partial charge < -0.3 is 19.4 Å². The van der Waals surface area contributed by atoms with Crippen LogP contribution in [0.3, 0.4) is 0 Å². The number of pyridine rings is 1. The fourth-order valence-corrected chi connectivity index (χ4v) is 4.06. The number of nitrogens with zero attached hydrogens (tertiary/aromatic N) is 2. The van der Waals surface area contributed by atoms with E-state index in [1.165, 1.54) is 18.1 Å². The van der Waals surface area contributed by atoms with Gasteiger partial charge in [-0.1, -0.05) is 6.07 Å². The summed E-state index contributed by atoms with van der Waals surface area (Å²) < 4.78 is 25.5. The Morgan fingerprint density at radius 2 is 2.06 bits per heavy atom. The highest BCUT2D eigenvalue weighted by atomic mass is 19.1. The van der Waals surface area contributed by atoms with E-state index in [0.29, 0.717) is 16.7 Å². The van der Waals surface area contributed by atoms with Crippen LogP contribution in [0.25, 0.3) is 11.1 Å². The van der Waals surface area contributed by atoms with E-state index in [1.54, 1.807) is 24.3 Å². The summed E-state index contributed by atoms with van der Waals surface area (Å²) in [6.45, 7) is 1.63. The Morgan fingerprint density at radius 3 is 2.77 bits per heavy atom.